The molecule has 0 aromatic heterocycles. The summed E-state index contributed by atoms with van der Waals surface area (Å²) in [5, 5.41) is 28.5. The molecular weight excluding hydrogens is 340 g/mol. The molecule has 0 amide bonds. The van der Waals surface area contributed by atoms with E-state index in [0.29, 0.717) is 23.5 Å². The summed E-state index contributed by atoms with van der Waals surface area (Å²) >= 11 is 0. The standard InChI is InChI=1S/C13H9NO.C8H9N3O/c14-10-11-5-4-8-13(9-11)15-12-6-2-1-3-7-12;1-6-7(4-10)8(5-12-6)11-3-2-9/h1-9H;6,11H,3,5H2,1H3. The van der Waals surface area contributed by atoms with Gasteiger partial charge in [-0.1, -0.05) is 24.3 Å². The summed E-state index contributed by atoms with van der Waals surface area (Å²) < 4.78 is 10.8. The number of para-hydroxylation sites is 1. The van der Waals surface area contributed by atoms with Crippen LogP contribution in [0.2, 0.25) is 0 Å². The molecule has 0 fully saturated rings. The van der Waals surface area contributed by atoms with Crippen LogP contribution in [-0.2, 0) is 4.74 Å². The zero-order valence-corrected chi connectivity index (χ0v) is 14.8. The van der Waals surface area contributed by atoms with Crippen molar-refractivity contribution in [2.24, 2.45) is 0 Å². The highest BCUT2D eigenvalue weighted by Crippen LogP contribution is 2.21. The molecule has 1 heterocycles. The second kappa shape index (κ2) is 10.3. The maximum Gasteiger partial charge on any atom is 0.128 e. The van der Waals surface area contributed by atoms with Gasteiger partial charge in [-0.15, -0.1) is 0 Å². The van der Waals surface area contributed by atoms with Crippen LogP contribution < -0.4 is 10.1 Å². The molecule has 2 aromatic rings. The molecule has 0 aliphatic carbocycles. The van der Waals surface area contributed by atoms with E-state index in [1.54, 1.807) is 18.2 Å². The average molecular weight is 358 g/mol. The highest BCUT2D eigenvalue weighted by atomic mass is 16.5. The normalized spacial score (nSPS) is 14.8. The van der Waals surface area contributed by atoms with Gasteiger partial charge in [0.15, 0.2) is 0 Å². The summed E-state index contributed by atoms with van der Waals surface area (Å²) in [5.74, 6) is 1.45. The molecule has 0 spiro atoms. The molecule has 6 nitrogen and oxygen atoms in total. The van der Waals surface area contributed by atoms with Crippen LogP contribution in [0.15, 0.2) is 65.9 Å². The first-order valence-corrected chi connectivity index (χ1v) is 8.26. The third-order valence-corrected chi connectivity index (χ3v) is 3.65. The molecule has 1 N–H and O–H groups in total. The maximum absolute atomic E-state index is 8.72. The molecule has 3 rings (SSSR count). The molecule has 1 aliphatic heterocycles. The van der Waals surface area contributed by atoms with E-state index < -0.39 is 0 Å². The minimum Gasteiger partial charge on any atom is -0.457 e. The molecule has 6 heteroatoms. The monoisotopic (exact) mass is 358 g/mol. The van der Waals surface area contributed by atoms with Crippen molar-refractivity contribution in [2.75, 3.05) is 13.2 Å². The summed E-state index contributed by atoms with van der Waals surface area (Å²) in [5.41, 5.74) is 1.94. The number of rotatable bonds is 4. The van der Waals surface area contributed by atoms with Gasteiger partial charge in [0, 0.05) is 0 Å². The van der Waals surface area contributed by atoms with E-state index >= 15 is 0 Å². The number of hydrogen-bond acceptors (Lipinski definition) is 6. The van der Waals surface area contributed by atoms with Crippen molar-refractivity contribution in [3.8, 4) is 29.7 Å². The minimum absolute atomic E-state index is 0.142. The largest absolute Gasteiger partial charge is 0.457 e. The van der Waals surface area contributed by atoms with E-state index in [-0.39, 0.29) is 12.6 Å². The smallest absolute Gasteiger partial charge is 0.128 e. The van der Waals surface area contributed by atoms with Crippen LogP contribution in [0.25, 0.3) is 0 Å². The van der Waals surface area contributed by atoms with E-state index in [0.717, 1.165) is 11.4 Å². The van der Waals surface area contributed by atoms with E-state index in [1.165, 1.54) is 0 Å². The van der Waals surface area contributed by atoms with Crippen molar-refractivity contribution < 1.29 is 9.47 Å². The van der Waals surface area contributed by atoms with E-state index in [2.05, 4.69) is 17.5 Å². The van der Waals surface area contributed by atoms with Crippen LogP contribution in [0.3, 0.4) is 0 Å². The lowest BCUT2D eigenvalue weighted by molar-refractivity contribution is 0.134. The van der Waals surface area contributed by atoms with Crippen molar-refractivity contribution in [3.63, 3.8) is 0 Å². The fourth-order valence-corrected chi connectivity index (χ4v) is 2.32. The Labute approximate surface area is 158 Å². The fraction of sp³-hybridized carbons (Fsp3) is 0.190. The summed E-state index contributed by atoms with van der Waals surface area (Å²) in [6.45, 7) is 2.45. The second-order valence-electron chi connectivity index (χ2n) is 5.52. The summed E-state index contributed by atoms with van der Waals surface area (Å²) in [4.78, 5) is 0. The Kier molecular flexibility index (Phi) is 7.42. The van der Waals surface area contributed by atoms with Gasteiger partial charge in [-0.05, 0) is 37.3 Å². The average Bonchev–Trinajstić information content (AvgIpc) is 3.07. The molecular formula is C21H18N4O2. The quantitative estimate of drug-likeness (QED) is 0.837. The number of benzene rings is 2. The SMILES string of the molecule is CC1OCC(NCC#N)=C1C#N.N#Cc1cccc(Oc2ccccc2)c1. The predicted molar refractivity (Wildman–Crippen MR) is 99.3 cm³/mol. The molecule has 0 bridgehead atoms. The van der Waals surface area contributed by atoms with Gasteiger partial charge in [0.25, 0.3) is 0 Å². The first kappa shape index (κ1) is 19.5. The molecule has 1 atom stereocenters. The van der Waals surface area contributed by atoms with Crippen molar-refractivity contribution >= 4 is 0 Å². The molecule has 27 heavy (non-hydrogen) atoms. The van der Waals surface area contributed by atoms with Gasteiger partial charge in [-0.3, -0.25) is 0 Å². The number of hydrogen-bond donors (Lipinski definition) is 1. The lowest BCUT2D eigenvalue weighted by Gasteiger charge is -2.04. The highest BCUT2D eigenvalue weighted by Gasteiger charge is 2.21. The van der Waals surface area contributed by atoms with Crippen LogP contribution in [0.4, 0.5) is 0 Å². The molecule has 134 valence electrons. The van der Waals surface area contributed by atoms with Crippen LogP contribution >= 0.6 is 0 Å². The van der Waals surface area contributed by atoms with E-state index in [1.807, 2.05) is 49.4 Å². The Hall–Kier alpha value is -3.79. The van der Waals surface area contributed by atoms with Gasteiger partial charge >= 0.3 is 0 Å². The van der Waals surface area contributed by atoms with Gasteiger partial charge in [0.2, 0.25) is 0 Å². The van der Waals surface area contributed by atoms with Gasteiger partial charge in [-0.2, -0.15) is 15.8 Å². The van der Waals surface area contributed by atoms with Gasteiger partial charge in [0.05, 0.1) is 47.8 Å². The topological polar surface area (TPSA) is 102 Å². The molecule has 0 radical (unpaired) electrons. The lowest BCUT2D eigenvalue weighted by atomic mass is 10.2. The molecule has 0 saturated heterocycles. The van der Waals surface area contributed by atoms with Crippen LogP contribution in [-0.4, -0.2) is 19.3 Å². The number of ether oxygens (including phenoxy) is 2. The Morgan fingerprint density at radius 1 is 1.04 bits per heavy atom. The first-order valence-electron chi connectivity index (χ1n) is 8.26. The highest BCUT2D eigenvalue weighted by molar-refractivity contribution is 5.38. The zero-order chi connectivity index (χ0) is 19.5. The van der Waals surface area contributed by atoms with Crippen LogP contribution in [0, 0.1) is 34.0 Å². The Balaban J connectivity index is 0.000000199. The van der Waals surface area contributed by atoms with Gasteiger partial charge < -0.3 is 14.8 Å². The number of nitriles is 3. The molecule has 1 unspecified atom stereocenters. The van der Waals surface area contributed by atoms with Crippen molar-refractivity contribution in [2.45, 2.75) is 13.0 Å². The minimum atomic E-state index is -0.142. The van der Waals surface area contributed by atoms with Crippen LogP contribution in [0.5, 0.6) is 11.5 Å². The van der Waals surface area contributed by atoms with Crippen molar-refractivity contribution in [1.82, 2.24) is 5.32 Å². The van der Waals surface area contributed by atoms with Gasteiger partial charge in [-0.25, -0.2) is 0 Å². The third-order valence-electron chi connectivity index (χ3n) is 3.65. The van der Waals surface area contributed by atoms with Crippen molar-refractivity contribution in [3.05, 3.63) is 71.4 Å². The zero-order valence-electron chi connectivity index (χ0n) is 14.8. The maximum atomic E-state index is 8.72. The number of nitrogens with one attached hydrogen (secondary N) is 1. The van der Waals surface area contributed by atoms with E-state index in [4.69, 9.17) is 25.3 Å². The van der Waals surface area contributed by atoms with Crippen molar-refractivity contribution in [1.29, 1.82) is 15.8 Å². The van der Waals surface area contributed by atoms with Gasteiger partial charge in [0.1, 0.15) is 18.0 Å². The Morgan fingerprint density at radius 3 is 2.44 bits per heavy atom. The summed E-state index contributed by atoms with van der Waals surface area (Å²) in [6.07, 6.45) is -0.142. The number of nitrogens with zero attached hydrogens (tertiary/aromatic N) is 3. The molecule has 1 aliphatic rings. The Bertz CT molecular complexity index is 918. The first-order chi connectivity index (χ1) is 13.2. The summed E-state index contributed by atoms with van der Waals surface area (Å²) in [7, 11) is 0. The molecule has 2 aromatic carbocycles. The third kappa shape index (κ3) is 5.90. The summed E-state index contributed by atoms with van der Waals surface area (Å²) in [6, 6.07) is 22.7. The van der Waals surface area contributed by atoms with Crippen LogP contribution in [0.1, 0.15) is 12.5 Å². The lowest BCUT2D eigenvalue weighted by Crippen LogP contribution is -2.15. The fourth-order valence-electron chi connectivity index (χ4n) is 2.32. The molecule has 0 saturated carbocycles. The van der Waals surface area contributed by atoms with E-state index in [9.17, 15) is 0 Å². The Morgan fingerprint density at radius 2 is 1.78 bits per heavy atom. The predicted octanol–water partition coefficient (Wildman–Crippen LogP) is 3.65. The second-order valence-corrected chi connectivity index (χ2v) is 5.52.